The Morgan fingerprint density at radius 3 is 2.54 bits per heavy atom. The van der Waals surface area contributed by atoms with E-state index < -0.39 is 0 Å². The summed E-state index contributed by atoms with van der Waals surface area (Å²) in [5.41, 5.74) is 0. The molecule has 0 bridgehead atoms. The van der Waals surface area contributed by atoms with Crippen molar-refractivity contribution in [2.75, 3.05) is 27.2 Å². The molecular weight excluding hydrogens is 166 g/mol. The van der Waals surface area contributed by atoms with Crippen LogP contribution in [0.1, 0.15) is 26.7 Å². The maximum absolute atomic E-state index is 5.69. The van der Waals surface area contributed by atoms with E-state index in [4.69, 9.17) is 9.47 Å². The first kappa shape index (κ1) is 11.0. The molecule has 0 N–H and O–H groups in total. The molecule has 1 atom stereocenters. The van der Waals surface area contributed by atoms with Gasteiger partial charge in [0, 0.05) is 0 Å². The molecule has 1 aliphatic heterocycles. The van der Waals surface area contributed by atoms with Crippen LogP contribution in [0.3, 0.4) is 0 Å². The summed E-state index contributed by atoms with van der Waals surface area (Å²) >= 11 is 0. The van der Waals surface area contributed by atoms with Crippen molar-refractivity contribution >= 4 is 0 Å². The Morgan fingerprint density at radius 2 is 2.08 bits per heavy atom. The Bertz CT molecular complexity index is 157. The minimum absolute atomic E-state index is 0.301. The molecule has 0 saturated carbocycles. The predicted octanol–water partition coefficient (Wildman–Crippen LogP) is 1.48. The highest BCUT2D eigenvalue weighted by Crippen LogP contribution is 2.24. The molecule has 13 heavy (non-hydrogen) atoms. The summed E-state index contributed by atoms with van der Waals surface area (Å²) in [6.45, 7) is 5.82. The molecule has 0 aromatic carbocycles. The van der Waals surface area contributed by atoms with Crippen LogP contribution in [-0.2, 0) is 9.47 Å². The van der Waals surface area contributed by atoms with Crippen LogP contribution in [0.4, 0.5) is 0 Å². The predicted molar refractivity (Wildman–Crippen MR) is 52.7 cm³/mol. The van der Waals surface area contributed by atoms with Crippen LogP contribution in [0.5, 0.6) is 0 Å². The van der Waals surface area contributed by atoms with E-state index >= 15 is 0 Å². The van der Waals surface area contributed by atoms with E-state index in [0.717, 1.165) is 19.6 Å². The second-order valence-electron chi connectivity index (χ2n) is 4.40. The van der Waals surface area contributed by atoms with Gasteiger partial charge in [-0.2, -0.15) is 0 Å². The zero-order chi connectivity index (χ0) is 9.90. The average molecular weight is 187 g/mol. The molecule has 0 aromatic rings. The molecule has 0 radical (unpaired) electrons. The lowest BCUT2D eigenvalue weighted by molar-refractivity contribution is -0.139. The van der Waals surface area contributed by atoms with Gasteiger partial charge in [-0.3, -0.25) is 0 Å². The normalized spacial score (nSPS) is 27.0. The Labute approximate surface area is 81.0 Å². The zero-order valence-electron chi connectivity index (χ0n) is 9.17. The molecular formula is C10H21NO2. The van der Waals surface area contributed by atoms with E-state index in [2.05, 4.69) is 19.0 Å². The molecule has 78 valence electrons. The molecule has 1 heterocycles. The second-order valence-corrected chi connectivity index (χ2v) is 4.40. The van der Waals surface area contributed by atoms with Crippen molar-refractivity contribution < 1.29 is 9.47 Å². The molecule has 1 rings (SSSR count). The van der Waals surface area contributed by atoms with Crippen LogP contribution in [0.25, 0.3) is 0 Å². The molecule has 3 heteroatoms. The highest BCUT2D eigenvalue weighted by Gasteiger charge is 2.31. The van der Waals surface area contributed by atoms with Crippen molar-refractivity contribution in [3.05, 3.63) is 0 Å². The molecule has 0 aromatic heterocycles. The Hall–Kier alpha value is -0.120. The maximum atomic E-state index is 5.69. The molecule has 0 spiro atoms. The largest absolute Gasteiger partial charge is 0.348 e. The van der Waals surface area contributed by atoms with Crippen molar-refractivity contribution in [1.29, 1.82) is 0 Å². The average Bonchev–Trinajstić information content (AvgIpc) is 2.29. The first-order valence-corrected chi connectivity index (χ1v) is 4.96. The second kappa shape index (κ2) is 4.40. The van der Waals surface area contributed by atoms with Gasteiger partial charge in [0.15, 0.2) is 5.79 Å². The van der Waals surface area contributed by atoms with Crippen LogP contribution in [0.2, 0.25) is 0 Å². The Morgan fingerprint density at radius 1 is 1.38 bits per heavy atom. The van der Waals surface area contributed by atoms with E-state index in [1.54, 1.807) is 0 Å². The van der Waals surface area contributed by atoms with Crippen LogP contribution in [0.15, 0.2) is 0 Å². The number of nitrogens with zero attached hydrogens (tertiary/aromatic N) is 1. The highest BCUT2D eigenvalue weighted by molar-refractivity contribution is 4.70. The van der Waals surface area contributed by atoms with Crippen LogP contribution >= 0.6 is 0 Å². The number of ether oxygens (including phenoxy) is 2. The number of hydrogen-bond donors (Lipinski definition) is 0. The summed E-state index contributed by atoms with van der Waals surface area (Å²) in [5, 5.41) is 0. The molecule has 1 aliphatic rings. The van der Waals surface area contributed by atoms with Gasteiger partial charge in [0.05, 0.1) is 12.7 Å². The fourth-order valence-electron chi connectivity index (χ4n) is 1.54. The minimum Gasteiger partial charge on any atom is -0.348 e. The van der Waals surface area contributed by atoms with Gasteiger partial charge in [0.1, 0.15) is 0 Å². The van der Waals surface area contributed by atoms with Gasteiger partial charge in [0.25, 0.3) is 0 Å². The lowest BCUT2D eigenvalue weighted by Gasteiger charge is -2.17. The van der Waals surface area contributed by atoms with Gasteiger partial charge in [-0.25, -0.2) is 0 Å². The molecule has 0 aliphatic carbocycles. The topological polar surface area (TPSA) is 21.7 Å². The van der Waals surface area contributed by atoms with Gasteiger partial charge < -0.3 is 14.4 Å². The summed E-state index contributed by atoms with van der Waals surface area (Å²) in [6.07, 6.45) is 2.58. The summed E-state index contributed by atoms with van der Waals surface area (Å²) in [5.74, 6) is -0.358. The highest BCUT2D eigenvalue weighted by atomic mass is 16.7. The summed E-state index contributed by atoms with van der Waals surface area (Å²) < 4.78 is 11.2. The van der Waals surface area contributed by atoms with Crippen molar-refractivity contribution in [1.82, 2.24) is 4.90 Å². The van der Waals surface area contributed by atoms with Gasteiger partial charge in [0.2, 0.25) is 0 Å². The lowest BCUT2D eigenvalue weighted by atomic mass is 10.2. The van der Waals surface area contributed by atoms with Crippen molar-refractivity contribution in [2.45, 2.75) is 38.6 Å². The first-order chi connectivity index (χ1) is 5.99. The monoisotopic (exact) mass is 187 g/mol. The van der Waals surface area contributed by atoms with Crippen LogP contribution in [-0.4, -0.2) is 44.0 Å². The first-order valence-electron chi connectivity index (χ1n) is 4.96. The molecule has 0 amide bonds. The number of rotatable bonds is 4. The van der Waals surface area contributed by atoms with Crippen LogP contribution in [0, 0.1) is 0 Å². The smallest absolute Gasteiger partial charge is 0.163 e. The molecule has 0 unspecified atom stereocenters. The summed E-state index contributed by atoms with van der Waals surface area (Å²) in [4.78, 5) is 2.20. The van der Waals surface area contributed by atoms with E-state index in [1.165, 1.54) is 6.42 Å². The molecule has 3 nitrogen and oxygen atoms in total. The summed E-state index contributed by atoms with van der Waals surface area (Å²) in [7, 11) is 4.19. The van der Waals surface area contributed by atoms with Gasteiger partial charge >= 0.3 is 0 Å². The Kier molecular flexibility index (Phi) is 3.71. The third-order valence-electron chi connectivity index (χ3n) is 2.20. The van der Waals surface area contributed by atoms with Gasteiger partial charge in [-0.05, 0) is 47.3 Å². The maximum Gasteiger partial charge on any atom is 0.163 e. The SMILES string of the molecule is CN(C)CCC[C@H]1COC(C)(C)O1. The van der Waals surface area contributed by atoms with Gasteiger partial charge in [-0.1, -0.05) is 0 Å². The lowest BCUT2D eigenvalue weighted by Crippen LogP contribution is -2.22. The molecule has 1 fully saturated rings. The Balaban J connectivity index is 2.11. The zero-order valence-corrected chi connectivity index (χ0v) is 9.17. The molecule has 1 saturated heterocycles. The fourth-order valence-corrected chi connectivity index (χ4v) is 1.54. The third-order valence-corrected chi connectivity index (χ3v) is 2.20. The fraction of sp³-hybridized carbons (Fsp3) is 1.00. The van der Waals surface area contributed by atoms with E-state index in [9.17, 15) is 0 Å². The van der Waals surface area contributed by atoms with Crippen molar-refractivity contribution in [2.24, 2.45) is 0 Å². The standard InChI is InChI=1S/C10H21NO2/c1-10(2)12-8-9(13-10)6-5-7-11(3)4/h9H,5-8H2,1-4H3/t9-/m0/s1. The quantitative estimate of drug-likeness (QED) is 0.665. The number of hydrogen-bond acceptors (Lipinski definition) is 3. The van der Waals surface area contributed by atoms with Gasteiger partial charge in [-0.15, -0.1) is 0 Å². The van der Waals surface area contributed by atoms with E-state index in [1.807, 2.05) is 13.8 Å². The van der Waals surface area contributed by atoms with Crippen LogP contribution < -0.4 is 0 Å². The summed E-state index contributed by atoms with van der Waals surface area (Å²) in [6, 6.07) is 0. The third kappa shape index (κ3) is 4.07. The van der Waals surface area contributed by atoms with E-state index in [0.29, 0.717) is 6.10 Å². The van der Waals surface area contributed by atoms with E-state index in [-0.39, 0.29) is 5.79 Å². The van der Waals surface area contributed by atoms with Crippen molar-refractivity contribution in [3.8, 4) is 0 Å². The van der Waals surface area contributed by atoms with Crippen molar-refractivity contribution in [3.63, 3.8) is 0 Å². The minimum atomic E-state index is -0.358.